The smallest absolute Gasteiger partial charge is 0.265 e. The minimum absolute atomic E-state index is 0.000970. The zero-order valence-corrected chi connectivity index (χ0v) is 14.6. The second kappa shape index (κ2) is 6.64. The van der Waals surface area contributed by atoms with Crippen LogP contribution in [0.3, 0.4) is 0 Å². The van der Waals surface area contributed by atoms with Gasteiger partial charge in [0.1, 0.15) is 10.8 Å². The summed E-state index contributed by atoms with van der Waals surface area (Å²) in [5.74, 6) is 0.746. The van der Waals surface area contributed by atoms with Crippen LogP contribution in [0.4, 0.5) is 5.69 Å². The van der Waals surface area contributed by atoms with Gasteiger partial charge in [-0.1, -0.05) is 13.0 Å². The molecule has 0 spiro atoms. The van der Waals surface area contributed by atoms with Crippen molar-refractivity contribution in [3.63, 3.8) is 0 Å². The van der Waals surface area contributed by atoms with Crippen LogP contribution in [0, 0.1) is 0 Å². The fourth-order valence-corrected chi connectivity index (χ4v) is 3.65. The van der Waals surface area contributed by atoms with Crippen LogP contribution in [0.25, 0.3) is 22.0 Å². The van der Waals surface area contributed by atoms with Gasteiger partial charge in [0, 0.05) is 23.7 Å². The molecule has 1 aromatic carbocycles. The lowest BCUT2D eigenvalue weighted by atomic mass is 10.1. The van der Waals surface area contributed by atoms with Gasteiger partial charge in [0.2, 0.25) is 0 Å². The molecule has 1 aliphatic heterocycles. The Morgan fingerprint density at radius 3 is 2.96 bits per heavy atom. The maximum Gasteiger partial charge on any atom is 0.265 e. The topological polar surface area (TPSA) is 55.3 Å². The second-order valence-electron chi connectivity index (χ2n) is 5.77. The Labute approximate surface area is 149 Å². The summed E-state index contributed by atoms with van der Waals surface area (Å²) < 4.78 is 5.56. The average Bonchev–Trinajstić information content (AvgIpc) is 3.15. The van der Waals surface area contributed by atoms with Crippen molar-refractivity contribution in [2.24, 2.45) is 0 Å². The van der Waals surface area contributed by atoms with Crippen LogP contribution < -0.4 is 9.64 Å². The number of nitrogens with zero attached hydrogens (tertiary/aromatic N) is 3. The highest BCUT2D eigenvalue weighted by molar-refractivity contribution is 7.13. The summed E-state index contributed by atoms with van der Waals surface area (Å²) in [6, 6.07) is 11.7. The van der Waals surface area contributed by atoms with E-state index in [9.17, 15) is 4.79 Å². The van der Waals surface area contributed by atoms with Gasteiger partial charge in [-0.2, -0.15) is 0 Å². The first-order valence-corrected chi connectivity index (χ1v) is 9.08. The Balaban J connectivity index is 1.70. The van der Waals surface area contributed by atoms with Crippen LogP contribution in [0.1, 0.15) is 13.3 Å². The monoisotopic (exact) mass is 351 g/mol. The number of ether oxygens (including phenoxy) is 1. The van der Waals surface area contributed by atoms with Crippen molar-refractivity contribution >= 4 is 22.9 Å². The maximum atomic E-state index is 12.2. The molecule has 25 heavy (non-hydrogen) atoms. The van der Waals surface area contributed by atoms with Crippen LogP contribution >= 0.6 is 11.3 Å². The third-order valence-electron chi connectivity index (χ3n) is 4.03. The van der Waals surface area contributed by atoms with E-state index in [1.165, 1.54) is 0 Å². The highest BCUT2D eigenvalue weighted by Gasteiger charge is 2.25. The molecule has 0 fully saturated rings. The number of hydrogen-bond donors (Lipinski definition) is 0. The molecule has 126 valence electrons. The van der Waals surface area contributed by atoms with Crippen LogP contribution in [0.5, 0.6) is 5.75 Å². The molecule has 2 aromatic heterocycles. The molecule has 1 amide bonds. The molecule has 3 aromatic rings. The largest absolute Gasteiger partial charge is 0.482 e. The molecule has 5 nitrogen and oxygen atoms in total. The molecule has 6 heteroatoms. The van der Waals surface area contributed by atoms with E-state index in [4.69, 9.17) is 9.72 Å². The number of aromatic nitrogens is 2. The number of anilines is 1. The van der Waals surface area contributed by atoms with E-state index in [2.05, 4.69) is 11.9 Å². The third-order valence-corrected chi connectivity index (χ3v) is 4.90. The first kappa shape index (κ1) is 15.8. The van der Waals surface area contributed by atoms with E-state index in [0.29, 0.717) is 6.54 Å². The van der Waals surface area contributed by atoms with Crippen molar-refractivity contribution in [3.8, 4) is 27.7 Å². The Morgan fingerprint density at radius 2 is 2.16 bits per heavy atom. The Hall–Kier alpha value is -2.73. The molecule has 0 aliphatic carbocycles. The number of carbonyl (C=O) groups excluding carboxylic acids is 1. The SMILES string of the molecule is CCCN1C(=O)COc2ccc(-c3csc(-c4ccccn4)n3)cc21. The van der Waals surface area contributed by atoms with Gasteiger partial charge in [0.25, 0.3) is 5.91 Å². The Bertz CT molecular complexity index is 908. The van der Waals surface area contributed by atoms with Crippen molar-refractivity contribution in [2.45, 2.75) is 13.3 Å². The average molecular weight is 351 g/mol. The van der Waals surface area contributed by atoms with Gasteiger partial charge < -0.3 is 9.64 Å². The Morgan fingerprint density at radius 1 is 1.24 bits per heavy atom. The molecule has 0 saturated carbocycles. The lowest BCUT2D eigenvalue weighted by molar-refractivity contribution is -0.121. The van der Waals surface area contributed by atoms with Crippen molar-refractivity contribution in [1.29, 1.82) is 0 Å². The summed E-state index contributed by atoms with van der Waals surface area (Å²) >= 11 is 1.56. The first-order valence-electron chi connectivity index (χ1n) is 8.21. The minimum atomic E-state index is -0.000970. The van der Waals surface area contributed by atoms with Gasteiger partial charge in [-0.3, -0.25) is 9.78 Å². The number of amides is 1. The summed E-state index contributed by atoms with van der Waals surface area (Å²) in [4.78, 5) is 23.0. The molecule has 4 rings (SSSR count). The lowest BCUT2D eigenvalue weighted by Gasteiger charge is -2.29. The van der Waals surface area contributed by atoms with Crippen LogP contribution in [-0.4, -0.2) is 29.0 Å². The molecule has 0 unspecified atom stereocenters. The molecule has 0 atom stereocenters. The number of rotatable bonds is 4. The molecule has 0 radical (unpaired) electrons. The zero-order valence-electron chi connectivity index (χ0n) is 13.8. The standard InChI is InChI=1S/C19H17N3O2S/c1-2-9-22-16-10-13(6-7-17(16)24-11-18(22)23)15-12-25-19(21-15)14-5-3-4-8-20-14/h3-8,10,12H,2,9,11H2,1H3. The van der Waals surface area contributed by atoms with Crippen LogP contribution in [0.15, 0.2) is 48.0 Å². The van der Waals surface area contributed by atoms with Gasteiger partial charge in [-0.05, 0) is 36.8 Å². The molecule has 3 heterocycles. The summed E-state index contributed by atoms with van der Waals surface area (Å²) in [5, 5.41) is 2.90. The molecule has 0 N–H and O–H groups in total. The van der Waals surface area contributed by atoms with Crippen LogP contribution in [-0.2, 0) is 4.79 Å². The van der Waals surface area contributed by atoms with E-state index >= 15 is 0 Å². The van der Waals surface area contributed by atoms with Gasteiger partial charge in [0.05, 0.1) is 17.1 Å². The van der Waals surface area contributed by atoms with Crippen molar-refractivity contribution in [1.82, 2.24) is 9.97 Å². The van der Waals surface area contributed by atoms with Crippen LogP contribution in [0.2, 0.25) is 0 Å². The lowest BCUT2D eigenvalue weighted by Crippen LogP contribution is -2.39. The van der Waals surface area contributed by atoms with E-state index in [-0.39, 0.29) is 12.5 Å². The number of thiazole rings is 1. The molecule has 1 aliphatic rings. The number of fused-ring (bicyclic) bond motifs is 1. The van der Waals surface area contributed by atoms with Gasteiger partial charge in [-0.25, -0.2) is 4.98 Å². The van der Waals surface area contributed by atoms with Crippen molar-refractivity contribution < 1.29 is 9.53 Å². The number of hydrogen-bond acceptors (Lipinski definition) is 5. The quantitative estimate of drug-likeness (QED) is 0.713. The highest BCUT2D eigenvalue weighted by atomic mass is 32.1. The molecule has 0 saturated heterocycles. The van der Waals surface area contributed by atoms with E-state index in [1.807, 2.05) is 41.8 Å². The predicted octanol–water partition coefficient (Wildman–Crippen LogP) is 4.01. The van der Waals surface area contributed by atoms with Gasteiger partial charge in [0.15, 0.2) is 6.61 Å². The zero-order chi connectivity index (χ0) is 17.2. The van der Waals surface area contributed by atoms with Crippen molar-refractivity contribution in [2.75, 3.05) is 18.1 Å². The summed E-state index contributed by atoms with van der Waals surface area (Å²) in [6.45, 7) is 2.85. The number of benzene rings is 1. The Kier molecular flexibility index (Phi) is 4.19. The van der Waals surface area contributed by atoms with Gasteiger partial charge >= 0.3 is 0 Å². The third kappa shape index (κ3) is 3.00. The first-order chi connectivity index (χ1) is 12.3. The van der Waals surface area contributed by atoms with Crippen molar-refractivity contribution in [3.05, 3.63) is 48.0 Å². The summed E-state index contributed by atoms with van der Waals surface area (Å²) in [5.41, 5.74) is 3.53. The summed E-state index contributed by atoms with van der Waals surface area (Å²) in [7, 11) is 0. The van der Waals surface area contributed by atoms with E-state index in [0.717, 1.165) is 39.8 Å². The van der Waals surface area contributed by atoms with E-state index < -0.39 is 0 Å². The normalized spacial score (nSPS) is 13.5. The maximum absolute atomic E-state index is 12.2. The highest BCUT2D eigenvalue weighted by Crippen LogP contribution is 2.37. The number of carbonyl (C=O) groups is 1. The molecular weight excluding hydrogens is 334 g/mol. The fourth-order valence-electron chi connectivity index (χ4n) is 2.84. The predicted molar refractivity (Wildman–Crippen MR) is 98.9 cm³/mol. The molecular formula is C19H17N3O2S. The summed E-state index contributed by atoms with van der Waals surface area (Å²) in [6.07, 6.45) is 2.66. The minimum Gasteiger partial charge on any atom is -0.482 e. The number of pyridine rings is 1. The molecule has 0 bridgehead atoms. The van der Waals surface area contributed by atoms with Gasteiger partial charge in [-0.15, -0.1) is 11.3 Å². The fraction of sp³-hybridized carbons (Fsp3) is 0.211. The van der Waals surface area contributed by atoms with E-state index in [1.54, 1.807) is 22.4 Å². The second-order valence-corrected chi connectivity index (χ2v) is 6.63.